The van der Waals surface area contributed by atoms with Crippen LogP contribution in [0.3, 0.4) is 0 Å². The van der Waals surface area contributed by atoms with Gasteiger partial charge < -0.3 is 10.0 Å². The molecule has 0 aliphatic carbocycles. The highest BCUT2D eigenvalue weighted by atomic mass is 19.2. The average Bonchev–Trinajstić information content (AvgIpc) is 2.90. The van der Waals surface area contributed by atoms with Crippen LogP contribution in [0.1, 0.15) is 18.4 Å². The topological polar surface area (TPSA) is 57.6 Å². The monoisotopic (exact) mass is 283 g/mol. The maximum atomic E-state index is 13.4. The van der Waals surface area contributed by atoms with Crippen molar-refractivity contribution in [2.45, 2.75) is 19.3 Å². The summed E-state index contributed by atoms with van der Waals surface area (Å²) in [6, 6.07) is 3.86. The van der Waals surface area contributed by atoms with Gasteiger partial charge in [0.1, 0.15) is 0 Å². The van der Waals surface area contributed by atoms with Gasteiger partial charge in [-0.2, -0.15) is 0 Å². The third-order valence-corrected chi connectivity index (χ3v) is 3.53. The summed E-state index contributed by atoms with van der Waals surface area (Å²) in [5.74, 6) is -3.51. The molecule has 0 spiro atoms. The number of halogens is 2. The van der Waals surface area contributed by atoms with Gasteiger partial charge in [0.2, 0.25) is 5.91 Å². The first kappa shape index (κ1) is 14.4. The zero-order valence-corrected chi connectivity index (χ0v) is 10.8. The molecule has 1 saturated heterocycles. The van der Waals surface area contributed by atoms with Gasteiger partial charge in [0.05, 0.1) is 5.92 Å². The Kier molecular flexibility index (Phi) is 4.32. The fourth-order valence-corrected chi connectivity index (χ4v) is 2.33. The number of aliphatic carboxylic acids is 1. The molecule has 1 amide bonds. The largest absolute Gasteiger partial charge is 0.481 e. The van der Waals surface area contributed by atoms with E-state index in [0.717, 1.165) is 6.07 Å². The van der Waals surface area contributed by atoms with Crippen molar-refractivity contribution in [2.75, 3.05) is 13.1 Å². The molecule has 1 aromatic carbocycles. The first-order chi connectivity index (χ1) is 9.49. The minimum atomic E-state index is -0.929. The van der Waals surface area contributed by atoms with E-state index in [2.05, 4.69) is 0 Å². The van der Waals surface area contributed by atoms with Crippen LogP contribution in [0.15, 0.2) is 18.2 Å². The highest BCUT2D eigenvalue weighted by molar-refractivity contribution is 5.78. The highest BCUT2D eigenvalue weighted by Crippen LogP contribution is 2.19. The molecule has 1 atom stereocenters. The minimum absolute atomic E-state index is 0.0483. The quantitative estimate of drug-likeness (QED) is 0.917. The zero-order valence-electron chi connectivity index (χ0n) is 10.8. The molecule has 1 fully saturated rings. The number of carboxylic acids is 1. The summed E-state index contributed by atoms with van der Waals surface area (Å²) in [4.78, 5) is 24.2. The van der Waals surface area contributed by atoms with Gasteiger partial charge in [-0.3, -0.25) is 9.59 Å². The molecule has 1 aliphatic rings. The minimum Gasteiger partial charge on any atom is -0.481 e. The normalized spacial score (nSPS) is 18.3. The van der Waals surface area contributed by atoms with E-state index in [1.807, 2.05) is 0 Å². The molecular formula is C14H15F2NO3. The Morgan fingerprint density at radius 3 is 2.75 bits per heavy atom. The fourth-order valence-electron chi connectivity index (χ4n) is 2.33. The van der Waals surface area contributed by atoms with Crippen LogP contribution in [0.25, 0.3) is 0 Å². The fraction of sp³-hybridized carbons (Fsp3) is 0.429. The van der Waals surface area contributed by atoms with Gasteiger partial charge in [-0.05, 0) is 24.5 Å². The molecule has 4 nitrogen and oxygen atoms in total. The number of hydrogen-bond donors (Lipinski definition) is 1. The van der Waals surface area contributed by atoms with E-state index in [-0.39, 0.29) is 30.9 Å². The lowest BCUT2D eigenvalue weighted by molar-refractivity contribution is -0.141. The molecule has 20 heavy (non-hydrogen) atoms. The van der Waals surface area contributed by atoms with Gasteiger partial charge in [-0.1, -0.05) is 12.1 Å². The van der Waals surface area contributed by atoms with Crippen molar-refractivity contribution in [3.8, 4) is 0 Å². The SMILES string of the molecule is O=C(O)[C@H]1CCN(C(=O)CCc2cccc(F)c2F)C1. The highest BCUT2D eigenvalue weighted by Gasteiger charge is 2.30. The Morgan fingerprint density at radius 1 is 1.35 bits per heavy atom. The standard InChI is InChI=1S/C14H15F2NO3/c15-11-3-1-2-9(13(11)16)4-5-12(18)17-7-6-10(8-17)14(19)20/h1-3,10H,4-8H2,(H,19,20)/t10-/m0/s1. The van der Waals surface area contributed by atoms with E-state index in [1.54, 1.807) is 0 Å². The summed E-state index contributed by atoms with van der Waals surface area (Å²) in [6.45, 7) is 0.598. The third kappa shape index (κ3) is 3.12. The summed E-state index contributed by atoms with van der Waals surface area (Å²) >= 11 is 0. The molecule has 0 bridgehead atoms. The lowest BCUT2D eigenvalue weighted by Gasteiger charge is -2.15. The van der Waals surface area contributed by atoms with E-state index in [1.165, 1.54) is 17.0 Å². The van der Waals surface area contributed by atoms with Crippen molar-refractivity contribution in [2.24, 2.45) is 5.92 Å². The number of likely N-dealkylation sites (tertiary alicyclic amines) is 1. The number of carbonyl (C=O) groups excluding carboxylic acids is 1. The predicted molar refractivity (Wildman–Crippen MR) is 67.0 cm³/mol. The maximum absolute atomic E-state index is 13.4. The van der Waals surface area contributed by atoms with E-state index in [9.17, 15) is 18.4 Å². The molecule has 108 valence electrons. The number of amides is 1. The van der Waals surface area contributed by atoms with Crippen molar-refractivity contribution < 1.29 is 23.5 Å². The van der Waals surface area contributed by atoms with Crippen LogP contribution >= 0.6 is 0 Å². The van der Waals surface area contributed by atoms with Crippen molar-refractivity contribution in [3.63, 3.8) is 0 Å². The van der Waals surface area contributed by atoms with Crippen molar-refractivity contribution in [3.05, 3.63) is 35.4 Å². The van der Waals surface area contributed by atoms with E-state index < -0.39 is 23.5 Å². The summed E-state index contributed by atoms with van der Waals surface area (Å²) in [5.41, 5.74) is 0.160. The Morgan fingerprint density at radius 2 is 2.10 bits per heavy atom. The zero-order chi connectivity index (χ0) is 14.7. The second-order valence-corrected chi connectivity index (χ2v) is 4.88. The first-order valence-electron chi connectivity index (χ1n) is 6.42. The van der Waals surface area contributed by atoms with Gasteiger partial charge >= 0.3 is 5.97 Å². The predicted octanol–water partition coefficient (Wildman–Crippen LogP) is 1.83. The number of nitrogens with zero attached hydrogens (tertiary/aromatic N) is 1. The second kappa shape index (κ2) is 5.98. The van der Waals surface area contributed by atoms with Crippen LogP contribution in [0.5, 0.6) is 0 Å². The molecule has 0 radical (unpaired) electrons. The lowest BCUT2D eigenvalue weighted by atomic mass is 10.1. The van der Waals surface area contributed by atoms with Gasteiger partial charge in [0.15, 0.2) is 11.6 Å². The lowest BCUT2D eigenvalue weighted by Crippen LogP contribution is -2.30. The van der Waals surface area contributed by atoms with Gasteiger partial charge in [0.25, 0.3) is 0 Å². The van der Waals surface area contributed by atoms with E-state index in [0.29, 0.717) is 13.0 Å². The van der Waals surface area contributed by atoms with Crippen molar-refractivity contribution in [1.82, 2.24) is 4.90 Å². The summed E-state index contributed by atoms with van der Waals surface area (Å²) in [5, 5.41) is 8.86. The van der Waals surface area contributed by atoms with Crippen molar-refractivity contribution >= 4 is 11.9 Å². The number of benzene rings is 1. The Bertz CT molecular complexity index is 533. The number of aryl methyl sites for hydroxylation is 1. The van der Waals surface area contributed by atoms with Gasteiger partial charge in [0, 0.05) is 19.5 Å². The number of carbonyl (C=O) groups is 2. The maximum Gasteiger partial charge on any atom is 0.308 e. The summed E-state index contributed by atoms with van der Waals surface area (Å²) < 4.78 is 26.4. The Balaban J connectivity index is 1.90. The molecule has 6 heteroatoms. The molecular weight excluding hydrogens is 268 g/mol. The van der Waals surface area contributed by atoms with E-state index in [4.69, 9.17) is 5.11 Å². The molecule has 1 N–H and O–H groups in total. The molecule has 1 heterocycles. The van der Waals surface area contributed by atoms with Crippen LogP contribution < -0.4 is 0 Å². The number of hydrogen-bond acceptors (Lipinski definition) is 2. The average molecular weight is 283 g/mol. The van der Waals surface area contributed by atoms with Crippen LogP contribution in [0.2, 0.25) is 0 Å². The van der Waals surface area contributed by atoms with Crippen molar-refractivity contribution in [1.29, 1.82) is 0 Å². The molecule has 1 aromatic rings. The molecule has 0 unspecified atom stereocenters. The van der Waals surface area contributed by atoms with Crippen LogP contribution in [-0.4, -0.2) is 35.0 Å². The first-order valence-corrected chi connectivity index (χ1v) is 6.42. The molecule has 0 aromatic heterocycles. The second-order valence-electron chi connectivity index (χ2n) is 4.88. The summed E-state index contributed by atoms with van der Waals surface area (Å²) in [7, 11) is 0. The number of carboxylic acid groups (broad SMARTS) is 1. The third-order valence-electron chi connectivity index (χ3n) is 3.53. The van der Waals surface area contributed by atoms with Crippen LogP contribution in [-0.2, 0) is 16.0 Å². The number of rotatable bonds is 4. The smallest absolute Gasteiger partial charge is 0.308 e. The molecule has 2 rings (SSSR count). The molecule has 0 saturated carbocycles. The Labute approximate surface area is 115 Å². The summed E-state index contributed by atoms with van der Waals surface area (Å²) in [6.07, 6.45) is 0.596. The van der Waals surface area contributed by atoms with Gasteiger partial charge in [-0.15, -0.1) is 0 Å². The van der Waals surface area contributed by atoms with Crippen LogP contribution in [0.4, 0.5) is 8.78 Å². The van der Waals surface area contributed by atoms with Gasteiger partial charge in [-0.25, -0.2) is 8.78 Å². The molecule has 1 aliphatic heterocycles. The van der Waals surface area contributed by atoms with E-state index >= 15 is 0 Å². The van der Waals surface area contributed by atoms with Crippen LogP contribution in [0, 0.1) is 17.6 Å². The Hall–Kier alpha value is -1.98.